The maximum atomic E-state index is 4.54. The van der Waals surface area contributed by atoms with Gasteiger partial charge in [0.05, 0.1) is 11.9 Å². The summed E-state index contributed by atoms with van der Waals surface area (Å²) in [5.41, 5.74) is 3.76. The summed E-state index contributed by atoms with van der Waals surface area (Å²) in [7, 11) is 0. The zero-order chi connectivity index (χ0) is 15.5. The molecule has 3 fully saturated rings. The predicted molar refractivity (Wildman–Crippen MR) is 95.7 cm³/mol. The Hall–Kier alpha value is -1.87. The Bertz CT molecular complexity index is 630. The molecule has 2 aromatic rings. The van der Waals surface area contributed by atoms with E-state index < -0.39 is 0 Å². The molecular formula is C20H25N3. The van der Waals surface area contributed by atoms with E-state index in [-0.39, 0.29) is 0 Å². The Morgan fingerprint density at radius 3 is 2.39 bits per heavy atom. The zero-order valence-corrected chi connectivity index (χ0v) is 13.7. The third-order valence-corrected chi connectivity index (χ3v) is 5.28. The fourth-order valence-corrected chi connectivity index (χ4v) is 4.04. The molecule has 3 aliphatic rings. The van der Waals surface area contributed by atoms with Crippen molar-refractivity contribution >= 4 is 5.69 Å². The number of aromatic nitrogens is 1. The standard InChI is InChI=1S/C20H25N3/c1-2-6-17(7-3-1)18-14-20(16-21-15-18)23-13-12-22-10-4-8-19(23)9-5-11-22/h1-3,6-7,14-16,19H,4-5,8-13H2. The van der Waals surface area contributed by atoms with Gasteiger partial charge in [0.25, 0.3) is 0 Å². The van der Waals surface area contributed by atoms with E-state index >= 15 is 0 Å². The molecule has 2 bridgehead atoms. The Kier molecular flexibility index (Phi) is 4.29. The van der Waals surface area contributed by atoms with Crippen LogP contribution in [-0.4, -0.2) is 42.1 Å². The van der Waals surface area contributed by atoms with Crippen LogP contribution in [0.25, 0.3) is 11.1 Å². The second kappa shape index (κ2) is 6.71. The molecule has 1 aromatic heterocycles. The molecule has 3 aliphatic heterocycles. The molecule has 3 heteroatoms. The monoisotopic (exact) mass is 307 g/mol. The number of pyridine rings is 1. The van der Waals surface area contributed by atoms with Gasteiger partial charge in [-0.1, -0.05) is 30.3 Å². The lowest BCUT2D eigenvalue weighted by atomic mass is 9.98. The molecule has 0 N–H and O–H groups in total. The van der Waals surface area contributed by atoms with E-state index in [9.17, 15) is 0 Å². The van der Waals surface area contributed by atoms with Crippen molar-refractivity contribution in [2.75, 3.05) is 31.1 Å². The van der Waals surface area contributed by atoms with Gasteiger partial charge < -0.3 is 9.80 Å². The first kappa shape index (κ1) is 14.7. The lowest BCUT2D eigenvalue weighted by molar-refractivity contribution is 0.217. The van der Waals surface area contributed by atoms with E-state index in [1.165, 1.54) is 62.1 Å². The highest BCUT2D eigenvalue weighted by Gasteiger charge is 2.25. The molecule has 1 aromatic carbocycles. The first-order chi connectivity index (χ1) is 11.4. The lowest BCUT2D eigenvalue weighted by Crippen LogP contribution is -2.47. The van der Waals surface area contributed by atoms with Crippen molar-refractivity contribution in [3.63, 3.8) is 0 Å². The van der Waals surface area contributed by atoms with Crippen LogP contribution in [0.3, 0.4) is 0 Å². The van der Waals surface area contributed by atoms with Gasteiger partial charge in [-0.05, 0) is 50.4 Å². The summed E-state index contributed by atoms with van der Waals surface area (Å²) in [6.07, 6.45) is 9.31. The number of anilines is 1. The fourth-order valence-electron chi connectivity index (χ4n) is 4.04. The minimum absolute atomic E-state index is 0.685. The van der Waals surface area contributed by atoms with Crippen LogP contribution in [0.1, 0.15) is 25.7 Å². The van der Waals surface area contributed by atoms with Crippen LogP contribution in [0.4, 0.5) is 5.69 Å². The van der Waals surface area contributed by atoms with Gasteiger partial charge in [0.15, 0.2) is 0 Å². The molecule has 0 unspecified atom stereocenters. The second-order valence-electron chi connectivity index (χ2n) is 6.77. The van der Waals surface area contributed by atoms with Gasteiger partial charge in [-0.25, -0.2) is 0 Å². The molecule has 5 rings (SSSR count). The predicted octanol–water partition coefficient (Wildman–Crippen LogP) is 3.81. The summed E-state index contributed by atoms with van der Waals surface area (Å²) < 4.78 is 0. The number of rotatable bonds is 2. The average Bonchev–Trinajstić information content (AvgIpc) is 2.54. The van der Waals surface area contributed by atoms with E-state index in [1.807, 2.05) is 12.4 Å². The number of hydrogen-bond acceptors (Lipinski definition) is 3. The van der Waals surface area contributed by atoms with Crippen LogP contribution in [-0.2, 0) is 0 Å². The van der Waals surface area contributed by atoms with Crippen molar-refractivity contribution in [1.82, 2.24) is 9.88 Å². The SMILES string of the molecule is c1ccc(-c2cncc(N3CCN4CCCC3CCC4)c2)cc1. The summed E-state index contributed by atoms with van der Waals surface area (Å²) in [5.74, 6) is 0. The second-order valence-corrected chi connectivity index (χ2v) is 6.77. The van der Waals surface area contributed by atoms with Crippen molar-refractivity contribution in [1.29, 1.82) is 0 Å². The van der Waals surface area contributed by atoms with Crippen LogP contribution in [0.2, 0.25) is 0 Å². The Morgan fingerprint density at radius 1 is 0.826 bits per heavy atom. The van der Waals surface area contributed by atoms with Crippen molar-refractivity contribution in [2.45, 2.75) is 31.7 Å². The maximum absolute atomic E-state index is 4.54. The normalized spacial score (nSPS) is 24.8. The van der Waals surface area contributed by atoms with Crippen LogP contribution >= 0.6 is 0 Å². The number of fused-ring (bicyclic) bond motifs is 6. The largest absolute Gasteiger partial charge is 0.366 e. The minimum atomic E-state index is 0.685. The summed E-state index contributed by atoms with van der Waals surface area (Å²) >= 11 is 0. The molecule has 120 valence electrons. The summed E-state index contributed by atoms with van der Waals surface area (Å²) in [5, 5.41) is 0. The third-order valence-electron chi connectivity index (χ3n) is 5.28. The van der Waals surface area contributed by atoms with Gasteiger partial charge in [0.2, 0.25) is 0 Å². The fraction of sp³-hybridized carbons (Fsp3) is 0.450. The molecule has 0 aliphatic carbocycles. The molecule has 3 saturated heterocycles. The van der Waals surface area contributed by atoms with Crippen LogP contribution in [0.5, 0.6) is 0 Å². The van der Waals surface area contributed by atoms with Crippen LogP contribution in [0, 0.1) is 0 Å². The van der Waals surface area contributed by atoms with Gasteiger partial charge >= 0.3 is 0 Å². The number of nitrogens with zero attached hydrogens (tertiary/aromatic N) is 3. The van der Waals surface area contributed by atoms with Gasteiger partial charge in [-0.15, -0.1) is 0 Å². The molecule has 3 nitrogen and oxygen atoms in total. The highest BCUT2D eigenvalue weighted by molar-refractivity contribution is 5.67. The van der Waals surface area contributed by atoms with Crippen molar-refractivity contribution in [3.8, 4) is 11.1 Å². The van der Waals surface area contributed by atoms with E-state index in [0.717, 1.165) is 6.54 Å². The molecular weight excluding hydrogens is 282 g/mol. The van der Waals surface area contributed by atoms with Gasteiger partial charge in [0, 0.05) is 30.9 Å². The number of hydrogen-bond donors (Lipinski definition) is 0. The molecule has 0 spiro atoms. The molecule has 0 saturated carbocycles. The highest BCUT2D eigenvalue weighted by Crippen LogP contribution is 2.29. The summed E-state index contributed by atoms with van der Waals surface area (Å²) in [6, 6.07) is 13.6. The summed E-state index contributed by atoms with van der Waals surface area (Å²) in [4.78, 5) is 9.79. The molecule has 23 heavy (non-hydrogen) atoms. The smallest absolute Gasteiger partial charge is 0.0561 e. The van der Waals surface area contributed by atoms with Crippen LogP contribution < -0.4 is 4.90 Å². The summed E-state index contributed by atoms with van der Waals surface area (Å²) in [6.45, 7) is 4.88. The Balaban J connectivity index is 1.64. The van der Waals surface area contributed by atoms with Gasteiger partial charge in [-0.3, -0.25) is 4.98 Å². The first-order valence-electron chi connectivity index (χ1n) is 8.89. The lowest BCUT2D eigenvalue weighted by Gasteiger charge is -2.41. The third kappa shape index (κ3) is 3.25. The quantitative estimate of drug-likeness (QED) is 0.841. The minimum Gasteiger partial charge on any atom is -0.366 e. The first-order valence-corrected chi connectivity index (χ1v) is 8.89. The van der Waals surface area contributed by atoms with Crippen molar-refractivity contribution in [3.05, 3.63) is 48.8 Å². The topological polar surface area (TPSA) is 19.4 Å². The molecule has 0 amide bonds. The van der Waals surface area contributed by atoms with Crippen molar-refractivity contribution < 1.29 is 0 Å². The molecule has 4 heterocycles. The molecule has 0 radical (unpaired) electrons. The average molecular weight is 307 g/mol. The molecule has 0 atom stereocenters. The Morgan fingerprint density at radius 2 is 1.61 bits per heavy atom. The van der Waals surface area contributed by atoms with Gasteiger partial charge in [0.1, 0.15) is 0 Å². The zero-order valence-electron chi connectivity index (χ0n) is 13.7. The highest BCUT2D eigenvalue weighted by atomic mass is 15.2. The van der Waals surface area contributed by atoms with E-state index in [2.05, 4.69) is 51.2 Å². The van der Waals surface area contributed by atoms with E-state index in [0.29, 0.717) is 6.04 Å². The van der Waals surface area contributed by atoms with Crippen LogP contribution in [0.15, 0.2) is 48.8 Å². The van der Waals surface area contributed by atoms with E-state index in [1.54, 1.807) is 0 Å². The van der Waals surface area contributed by atoms with E-state index in [4.69, 9.17) is 0 Å². The Labute approximate surface area is 139 Å². The van der Waals surface area contributed by atoms with Crippen molar-refractivity contribution in [2.24, 2.45) is 0 Å². The van der Waals surface area contributed by atoms with Gasteiger partial charge in [-0.2, -0.15) is 0 Å². The maximum Gasteiger partial charge on any atom is 0.0561 e. The number of benzene rings is 1.